The fourth-order valence-electron chi connectivity index (χ4n) is 2.70. The second-order valence-electron chi connectivity index (χ2n) is 5.76. The van der Waals surface area contributed by atoms with Crippen LogP contribution in [0.25, 0.3) is 22.6 Å². The number of ether oxygens (including phenoxy) is 1. The van der Waals surface area contributed by atoms with Crippen LogP contribution in [0.15, 0.2) is 46.9 Å². The van der Waals surface area contributed by atoms with Crippen LogP contribution in [0, 0.1) is 5.92 Å². The molecule has 1 unspecified atom stereocenters. The SMILES string of the molecule is O=C(Nc1ccc(-c2nc3ccc(Cl)cc3o2)cc1)C1CCOC1. The average molecular weight is 343 g/mol. The van der Waals surface area contributed by atoms with Crippen molar-refractivity contribution in [3.8, 4) is 11.5 Å². The molecule has 5 nitrogen and oxygen atoms in total. The van der Waals surface area contributed by atoms with Gasteiger partial charge >= 0.3 is 0 Å². The molecule has 1 aliphatic rings. The number of benzene rings is 2. The Morgan fingerprint density at radius 1 is 1.21 bits per heavy atom. The van der Waals surface area contributed by atoms with Gasteiger partial charge in [0.25, 0.3) is 0 Å². The molecule has 1 aliphatic heterocycles. The Morgan fingerprint density at radius 2 is 2.04 bits per heavy atom. The number of rotatable bonds is 3. The van der Waals surface area contributed by atoms with Crippen molar-refractivity contribution in [3.63, 3.8) is 0 Å². The molecule has 2 aromatic carbocycles. The van der Waals surface area contributed by atoms with Crippen LogP contribution < -0.4 is 5.32 Å². The molecule has 24 heavy (non-hydrogen) atoms. The molecule has 1 amide bonds. The van der Waals surface area contributed by atoms with E-state index in [-0.39, 0.29) is 11.8 Å². The number of halogens is 1. The van der Waals surface area contributed by atoms with E-state index in [2.05, 4.69) is 10.3 Å². The smallest absolute Gasteiger partial charge is 0.229 e. The summed E-state index contributed by atoms with van der Waals surface area (Å²) in [7, 11) is 0. The van der Waals surface area contributed by atoms with Gasteiger partial charge in [0.15, 0.2) is 5.58 Å². The number of carbonyl (C=O) groups excluding carboxylic acids is 1. The third-order valence-electron chi connectivity index (χ3n) is 4.05. The molecule has 122 valence electrons. The van der Waals surface area contributed by atoms with E-state index in [0.717, 1.165) is 23.2 Å². The van der Waals surface area contributed by atoms with Crippen molar-refractivity contribution in [2.45, 2.75) is 6.42 Å². The molecule has 2 heterocycles. The quantitative estimate of drug-likeness (QED) is 0.777. The minimum absolute atomic E-state index is 0.00301. The van der Waals surface area contributed by atoms with Crippen LogP contribution in [0.3, 0.4) is 0 Å². The van der Waals surface area contributed by atoms with Crippen LogP contribution in [0.1, 0.15) is 6.42 Å². The van der Waals surface area contributed by atoms with Gasteiger partial charge in [-0.15, -0.1) is 0 Å². The van der Waals surface area contributed by atoms with Gasteiger partial charge in [0.2, 0.25) is 11.8 Å². The highest BCUT2D eigenvalue weighted by atomic mass is 35.5. The van der Waals surface area contributed by atoms with Crippen molar-refractivity contribution >= 4 is 34.3 Å². The summed E-state index contributed by atoms with van der Waals surface area (Å²) in [6.45, 7) is 1.15. The third-order valence-corrected chi connectivity index (χ3v) is 4.29. The maximum Gasteiger partial charge on any atom is 0.229 e. The molecule has 0 aliphatic carbocycles. The summed E-state index contributed by atoms with van der Waals surface area (Å²) in [5.41, 5.74) is 2.99. The van der Waals surface area contributed by atoms with Crippen molar-refractivity contribution in [1.82, 2.24) is 4.98 Å². The lowest BCUT2D eigenvalue weighted by Crippen LogP contribution is -2.22. The molecule has 0 saturated carbocycles. The first kappa shape index (κ1) is 15.2. The first-order chi connectivity index (χ1) is 11.7. The predicted molar refractivity (Wildman–Crippen MR) is 92.0 cm³/mol. The third kappa shape index (κ3) is 3.00. The van der Waals surface area contributed by atoms with Crippen LogP contribution >= 0.6 is 11.6 Å². The maximum absolute atomic E-state index is 12.1. The van der Waals surface area contributed by atoms with Gasteiger partial charge in [-0.25, -0.2) is 4.98 Å². The van der Waals surface area contributed by atoms with E-state index in [0.29, 0.717) is 29.7 Å². The summed E-state index contributed by atoms with van der Waals surface area (Å²) in [6.07, 6.45) is 0.773. The van der Waals surface area contributed by atoms with E-state index in [1.54, 1.807) is 12.1 Å². The number of fused-ring (bicyclic) bond motifs is 1. The monoisotopic (exact) mass is 342 g/mol. The first-order valence-corrected chi connectivity index (χ1v) is 8.12. The summed E-state index contributed by atoms with van der Waals surface area (Å²) in [4.78, 5) is 16.5. The van der Waals surface area contributed by atoms with E-state index >= 15 is 0 Å². The van der Waals surface area contributed by atoms with Crippen LogP contribution in [0.2, 0.25) is 5.02 Å². The summed E-state index contributed by atoms with van der Waals surface area (Å²) < 4.78 is 11.0. The van der Waals surface area contributed by atoms with Crippen LogP contribution in [0.5, 0.6) is 0 Å². The van der Waals surface area contributed by atoms with Crippen molar-refractivity contribution in [1.29, 1.82) is 0 Å². The van der Waals surface area contributed by atoms with Gasteiger partial charge in [-0.3, -0.25) is 4.79 Å². The summed E-state index contributed by atoms with van der Waals surface area (Å²) in [5.74, 6) is 0.456. The average Bonchev–Trinajstić information content (AvgIpc) is 3.24. The van der Waals surface area contributed by atoms with E-state index < -0.39 is 0 Å². The molecule has 0 spiro atoms. The number of anilines is 1. The van der Waals surface area contributed by atoms with Gasteiger partial charge in [0.1, 0.15) is 5.52 Å². The lowest BCUT2D eigenvalue weighted by molar-refractivity contribution is -0.119. The van der Waals surface area contributed by atoms with Gasteiger partial charge in [-0.2, -0.15) is 0 Å². The molecular formula is C18H15ClN2O3. The van der Waals surface area contributed by atoms with Crippen molar-refractivity contribution < 1.29 is 13.9 Å². The Morgan fingerprint density at radius 3 is 2.79 bits per heavy atom. The molecule has 1 saturated heterocycles. The second kappa shape index (κ2) is 6.26. The number of oxazole rings is 1. The fourth-order valence-corrected chi connectivity index (χ4v) is 2.87. The van der Waals surface area contributed by atoms with Gasteiger partial charge < -0.3 is 14.5 Å². The minimum atomic E-state index is -0.0635. The molecule has 0 bridgehead atoms. The predicted octanol–water partition coefficient (Wildman–Crippen LogP) is 4.12. The maximum atomic E-state index is 12.1. The molecule has 1 N–H and O–H groups in total. The zero-order valence-electron chi connectivity index (χ0n) is 12.8. The number of carbonyl (C=O) groups is 1. The molecular weight excluding hydrogens is 328 g/mol. The van der Waals surface area contributed by atoms with E-state index in [9.17, 15) is 4.79 Å². The highest BCUT2D eigenvalue weighted by molar-refractivity contribution is 6.31. The van der Waals surface area contributed by atoms with E-state index in [4.69, 9.17) is 20.8 Å². The lowest BCUT2D eigenvalue weighted by atomic mass is 10.1. The Hall–Kier alpha value is -2.37. The summed E-state index contributed by atoms with van der Waals surface area (Å²) >= 11 is 5.96. The zero-order valence-corrected chi connectivity index (χ0v) is 13.5. The van der Waals surface area contributed by atoms with Gasteiger partial charge in [-0.1, -0.05) is 11.6 Å². The molecule has 6 heteroatoms. The minimum Gasteiger partial charge on any atom is -0.436 e. The van der Waals surface area contributed by atoms with Crippen molar-refractivity contribution in [2.75, 3.05) is 18.5 Å². The number of hydrogen-bond acceptors (Lipinski definition) is 4. The largest absolute Gasteiger partial charge is 0.436 e. The molecule has 1 aromatic heterocycles. The van der Waals surface area contributed by atoms with Crippen molar-refractivity contribution in [3.05, 3.63) is 47.5 Å². The molecule has 3 aromatic rings. The number of nitrogens with zero attached hydrogens (tertiary/aromatic N) is 1. The molecule has 1 atom stereocenters. The highest BCUT2D eigenvalue weighted by Gasteiger charge is 2.23. The Labute approximate surface area is 143 Å². The molecule has 1 fully saturated rings. The highest BCUT2D eigenvalue weighted by Crippen LogP contribution is 2.27. The number of amides is 1. The number of aromatic nitrogens is 1. The fraction of sp³-hybridized carbons (Fsp3) is 0.222. The normalized spacial score (nSPS) is 17.3. The van der Waals surface area contributed by atoms with Gasteiger partial charge in [0.05, 0.1) is 12.5 Å². The van der Waals surface area contributed by atoms with Gasteiger partial charge in [0, 0.05) is 28.9 Å². The van der Waals surface area contributed by atoms with E-state index in [1.165, 1.54) is 0 Å². The Kier molecular flexibility index (Phi) is 3.96. The molecule has 0 radical (unpaired) electrons. The Bertz CT molecular complexity index is 883. The zero-order chi connectivity index (χ0) is 16.5. The van der Waals surface area contributed by atoms with Crippen LogP contribution in [-0.4, -0.2) is 24.1 Å². The van der Waals surface area contributed by atoms with Crippen molar-refractivity contribution in [2.24, 2.45) is 5.92 Å². The number of nitrogens with one attached hydrogen (secondary N) is 1. The van der Waals surface area contributed by atoms with E-state index in [1.807, 2.05) is 30.3 Å². The molecule has 4 rings (SSSR count). The standard InChI is InChI=1S/C18H15ClN2O3/c19-13-3-6-15-16(9-13)24-18(21-15)11-1-4-14(5-2-11)20-17(22)12-7-8-23-10-12/h1-6,9,12H,7-8,10H2,(H,20,22). The lowest BCUT2D eigenvalue weighted by Gasteiger charge is -2.09. The topological polar surface area (TPSA) is 64.4 Å². The summed E-state index contributed by atoms with van der Waals surface area (Å²) in [6, 6.07) is 12.8. The summed E-state index contributed by atoms with van der Waals surface area (Å²) in [5, 5.41) is 3.52. The van der Waals surface area contributed by atoms with Crippen LogP contribution in [-0.2, 0) is 9.53 Å². The Balaban J connectivity index is 1.53. The second-order valence-corrected chi connectivity index (χ2v) is 6.19. The number of hydrogen-bond donors (Lipinski definition) is 1. The van der Waals surface area contributed by atoms with Crippen LogP contribution in [0.4, 0.5) is 5.69 Å². The van der Waals surface area contributed by atoms with Gasteiger partial charge in [-0.05, 0) is 42.8 Å². The first-order valence-electron chi connectivity index (χ1n) is 7.74.